The zero-order chi connectivity index (χ0) is 22.9. The molecule has 32 heavy (non-hydrogen) atoms. The molecule has 1 amide bonds. The molecule has 1 N–H and O–H groups in total. The van der Waals surface area contributed by atoms with Gasteiger partial charge in [0.1, 0.15) is 10.6 Å². The molecule has 1 aliphatic rings. The fourth-order valence-corrected chi connectivity index (χ4v) is 5.83. The topological polar surface area (TPSA) is 130 Å². The molecule has 1 fully saturated rings. The second kappa shape index (κ2) is 9.10. The standard InChI is InChI=1S/C19H24N6O5S2/c1-13-18(14(2)30-22-13)32(28,29)20-4-3-16(26)24-7-5-23(6-8-24)12-15-11-17(27)25-9-10-31-19(25)21-15/h9-11,20H,3-8,12H2,1-2H3. The lowest BCUT2D eigenvalue weighted by atomic mass is 10.2. The third-order valence-electron chi connectivity index (χ3n) is 5.33. The number of aromatic nitrogens is 3. The molecule has 3 aromatic heterocycles. The predicted molar refractivity (Wildman–Crippen MR) is 117 cm³/mol. The highest BCUT2D eigenvalue weighted by Crippen LogP contribution is 2.18. The lowest BCUT2D eigenvalue weighted by Crippen LogP contribution is -2.49. The molecule has 172 valence electrons. The Hall–Kier alpha value is -2.61. The average Bonchev–Trinajstić information content (AvgIpc) is 3.35. The number of carbonyl (C=O) groups excluding carboxylic acids is 1. The molecule has 1 saturated heterocycles. The molecule has 0 bridgehead atoms. The maximum Gasteiger partial charge on any atom is 0.258 e. The molecular formula is C19H24N6O5S2. The summed E-state index contributed by atoms with van der Waals surface area (Å²) in [5.74, 6) is 0.107. The first-order valence-electron chi connectivity index (χ1n) is 10.1. The number of thiazole rings is 1. The first kappa shape index (κ1) is 22.6. The van der Waals surface area contributed by atoms with Gasteiger partial charge < -0.3 is 9.42 Å². The summed E-state index contributed by atoms with van der Waals surface area (Å²) < 4.78 is 33.7. The maximum atomic E-state index is 12.5. The van der Waals surface area contributed by atoms with Crippen LogP contribution in [0.4, 0.5) is 0 Å². The molecule has 13 heteroatoms. The fourth-order valence-electron chi connectivity index (χ4n) is 3.73. The van der Waals surface area contributed by atoms with E-state index in [0.717, 1.165) is 0 Å². The van der Waals surface area contributed by atoms with Crippen LogP contribution in [0.2, 0.25) is 0 Å². The Kier molecular flexibility index (Phi) is 6.42. The molecule has 0 aromatic carbocycles. The normalized spacial score (nSPS) is 15.5. The monoisotopic (exact) mass is 480 g/mol. The second-order valence-corrected chi connectivity index (χ2v) is 10.2. The van der Waals surface area contributed by atoms with E-state index >= 15 is 0 Å². The van der Waals surface area contributed by atoms with Crippen molar-refractivity contribution in [1.82, 2.24) is 29.1 Å². The number of sulfonamides is 1. The van der Waals surface area contributed by atoms with Gasteiger partial charge in [0, 0.05) is 63.3 Å². The van der Waals surface area contributed by atoms with Gasteiger partial charge in [0.25, 0.3) is 5.56 Å². The van der Waals surface area contributed by atoms with Gasteiger partial charge in [-0.3, -0.25) is 18.9 Å². The van der Waals surface area contributed by atoms with Gasteiger partial charge in [-0.2, -0.15) is 0 Å². The third-order valence-corrected chi connectivity index (χ3v) is 7.80. The Balaban J connectivity index is 1.26. The Morgan fingerprint density at radius 3 is 2.69 bits per heavy atom. The van der Waals surface area contributed by atoms with Gasteiger partial charge in [-0.15, -0.1) is 11.3 Å². The van der Waals surface area contributed by atoms with Crippen LogP contribution in [0.1, 0.15) is 23.6 Å². The van der Waals surface area contributed by atoms with Crippen molar-refractivity contribution in [2.45, 2.75) is 31.7 Å². The van der Waals surface area contributed by atoms with Crippen molar-refractivity contribution in [1.29, 1.82) is 0 Å². The van der Waals surface area contributed by atoms with E-state index in [2.05, 4.69) is 19.8 Å². The molecule has 0 aliphatic carbocycles. The van der Waals surface area contributed by atoms with Crippen LogP contribution in [0.5, 0.6) is 0 Å². The Bertz CT molecular complexity index is 1270. The fraction of sp³-hybridized carbons (Fsp3) is 0.474. The van der Waals surface area contributed by atoms with Gasteiger partial charge in [0.2, 0.25) is 15.9 Å². The van der Waals surface area contributed by atoms with Crippen LogP contribution in [0.15, 0.2) is 31.9 Å². The minimum absolute atomic E-state index is 0.000131. The van der Waals surface area contributed by atoms with Crippen molar-refractivity contribution < 1.29 is 17.7 Å². The molecule has 0 spiro atoms. The number of fused-ring (bicyclic) bond motifs is 1. The van der Waals surface area contributed by atoms with Crippen molar-refractivity contribution in [3.8, 4) is 0 Å². The summed E-state index contributed by atoms with van der Waals surface area (Å²) in [6.45, 7) is 6.02. The van der Waals surface area contributed by atoms with Gasteiger partial charge in [0.15, 0.2) is 10.7 Å². The van der Waals surface area contributed by atoms with Crippen molar-refractivity contribution in [2.24, 2.45) is 0 Å². The predicted octanol–water partition coefficient (Wildman–Crippen LogP) is 0.374. The smallest absolute Gasteiger partial charge is 0.258 e. The summed E-state index contributed by atoms with van der Waals surface area (Å²) in [5.41, 5.74) is 0.901. The second-order valence-electron chi connectivity index (χ2n) is 7.60. The molecule has 0 atom stereocenters. The summed E-state index contributed by atoms with van der Waals surface area (Å²) >= 11 is 1.41. The maximum absolute atomic E-state index is 12.5. The molecule has 11 nitrogen and oxygen atoms in total. The number of nitrogens with one attached hydrogen (secondary N) is 1. The van der Waals surface area contributed by atoms with Crippen LogP contribution in [0, 0.1) is 13.8 Å². The Morgan fingerprint density at radius 1 is 1.25 bits per heavy atom. The van der Waals surface area contributed by atoms with E-state index in [1.165, 1.54) is 22.7 Å². The molecule has 0 unspecified atom stereocenters. The van der Waals surface area contributed by atoms with Crippen molar-refractivity contribution in [2.75, 3.05) is 32.7 Å². The molecule has 4 rings (SSSR count). The lowest BCUT2D eigenvalue weighted by Gasteiger charge is -2.34. The van der Waals surface area contributed by atoms with Crippen LogP contribution in [0.3, 0.4) is 0 Å². The van der Waals surface area contributed by atoms with E-state index in [-0.39, 0.29) is 40.8 Å². The summed E-state index contributed by atoms with van der Waals surface area (Å²) in [6.07, 6.45) is 1.77. The first-order chi connectivity index (χ1) is 15.2. The average molecular weight is 481 g/mol. The molecule has 0 saturated carbocycles. The Morgan fingerprint density at radius 2 is 2.00 bits per heavy atom. The lowest BCUT2D eigenvalue weighted by molar-refractivity contribution is -0.132. The Labute approximate surface area is 188 Å². The highest BCUT2D eigenvalue weighted by atomic mass is 32.2. The highest BCUT2D eigenvalue weighted by molar-refractivity contribution is 7.89. The SMILES string of the molecule is Cc1noc(C)c1S(=O)(=O)NCCC(=O)N1CCN(Cc2cc(=O)n3ccsc3n2)CC1. The van der Waals surface area contributed by atoms with Crippen LogP contribution in [-0.2, 0) is 21.4 Å². The summed E-state index contributed by atoms with van der Waals surface area (Å²) in [7, 11) is -3.78. The number of piperazine rings is 1. The number of hydrogen-bond donors (Lipinski definition) is 1. The van der Waals surface area contributed by atoms with E-state index in [1.54, 1.807) is 24.1 Å². The highest BCUT2D eigenvalue weighted by Gasteiger charge is 2.25. The molecular weight excluding hydrogens is 456 g/mol. The van der Waals surface area contributed by atoms with Crippen LogP contribution in [-0.4, -0.2) is 71.4 Å². The number of carbonyl (C=O) groups is 1. The summed E-state index contributed by atoms with van der Waals surface area (Å²) in [4.78, 5) is 33.7. The molecule has 1 aliphatic heterocycles. The van der Waals surface area contributed by atoms with Crippen LogP contribution < -0.4 is 10.3 Å². The van der Waals surface area contributed by atoms with Gasteiger partial charge in [-0.25, -0.2) is 18.1 Å². The van der Waals surface area contributed by atoms with E-state index in [4.69, 9.17) is 4.52 Å². The van der Waals surface area contributed by atoms with E-state index in [1.807, 2.05) is 5.38 Å². The number of nitrogens with zero attached hydrogens (tertiary/aromatic N) is 5. The van der Waals surface area contributed by atoms with Gasteiger partial charge >= 0.3 is 0 Å². The minimum atomic E-state index is -3.78. The van der Waals surface area contributed by atoms with E-state index in [9.17, 15) is 18.0 Å². The molecule has 4 heterocycles. The largest absolute Gasteiger partial charge is 0.360 e. The molecule has 3 aromatic rings. The third kappa shape index (κ3) is 4.75. The number of aryl methyl sites for hydroxylation is 2. The van der Waals surface area contributed by atoms with Crippen LogP contribution >= 0.6 is 11.3 Å². The number of amides is 1. The number of hydrogen-bond acceptors (Lipinski definition) is 9. The van der Waals surface area contributed by atoms with Gasteiger partial charge in [0.05, 0.1) is 5.69 Å². The van der Waals surface area contributed by atoms with E-state index < -0.39 is 10.0 Å². The van der Waals surface area contributed by atoms with Crippen molar-refractivity contribution in [3.63, 3.8) is 0 Å². The van der Waals surface area contributed by atoms with Crippen molar-refractivity contribution >= 4 is 32.2 Å². The zero-order valence-corrected chi connectivity index (χ0v) is 19.4. The zero-order valence-electron chi connectivity index (χ0n) is 17.8. The van der Waals surface area contributed by atoms with Crippen LogP contribution in [0.25, 0.3) is 4.96 Å². The first-order valence-corrected chi connectivity index (χ1v) is 12.5. The van der Waals surface area contributed by atoms with Crippen molar-refractivity contribution in [3.05, 3.63) is 45.1 Å². The quantitative estimate of drug-likeness (QED) is 0.513. The summed E-state index contributed by atoms with van der Waals surface area (Å²) in [6, 6.07) is 1.54. The van der Waals surface area contributed by atoms with E-state index in [0.29, 0.717) is 43.4 Å². The van der Waals surface area contributed by atoms with Gasteiger partial charge in [-0.05, 0) is 13.8 Å². The van der Waals surface area contributed by atoms with Gasteiger partial charge in [-0.1, -0.05) is 5.16 Å². The minimum Gasteiger partial charge on any atom is -0.360 e. The number of rotatable bonds is 7. The summed E-state index contributed by atoms with van der Waals surface area (Å²) in [5, 5.41) is 5.48. The molecule has 0 radical (unpaired) electrons.